The van der Waals surface area contributed by atoms with Gasteiger partial charge in [0.05, 0.1) is 28.8 Å². The number of rotatable bonds is 3. The van der Waals surface area contributed by atoms with Gasteiger partial charge in [0.1, 0.15) is 0 Å². The van der Waals surface area contributed by atoms with Crippen LogP contribution in [0.1, 0.15) is 24.3 Å². The van der Waals surface area contributed by atoms with Crippen molar-refractivity contribution in [3.05, 3.63) is 27.9 Å². The van der Waals surface area contributed by atoms with Crippen molar-refractivity contribution in [3.8, 4) is 5.75 Å². The molecular formula is C13H13Cl2NO3. The number of H-pyrrole nitrogens is 1. The van der Waals surface area contributed by atoms with Crippen molar-refractivity contribution in [2.75, 3.05) is 7.11 Å². The minimum atomic E-state index is -0.501. The van der Waals surface area contributed by atoms with Crippen LogP contribution in [0.25, 0.3) is 10.9 Å². The van der Waals surface area contributed by atoms with Crippen LogP contribution in [-0.4, -0.2) is 24.2 Å². The standard InChI is InChI=1S/C13H13Cl2NO3/c1-6(2)19-12-7-4-8(14)9(15)5-10(7)16-11(12)13(17)18-3/h4-6,16H,1-3H3. The zero-order valence-corrected chi connectivity index (χ0v) is 12.2. The molecule has 2 rings (SSSR count). The normalized spacial score (nSPS) is 11.1. The minimum Gasteiger partial charge on any atom is -0.488 e. The van der Waals surface area contributed by atoms with E-state index in [1.54, 1.807) is 12.1 Å². The first kappa shape index (κ1) is 14.0. The molecule has 0 saturated heterocycles. The Balaban J connectivity index is 2.70. The Bertz CT molecular complexity index is 634. The van der Waals surface area contributed by atoms with Crippen molar-refractivity contribution in [1.29, 1.82) is 0 Å². The van der Waals surface area contributed by atoms with Crippen LogP contribution < -0.4 is 4.74 Å². The summed E-state index contributed by atoms with van der Waals surface area (Å²) in [7, 11) is 1.31. The summed E-state index contributed by atoms with van der Waals surface area (Å²) < 4.78 is 10.4. The van der Waals surface area contributed by atoms with E-state index in [1.807, 2.05) is 13.8 Å². The third-order valence-corrected chi connectivity index (χ3v) is 3.26. The summed E-state index contributed by atoms with van der Waals surface area (Å²) in [6, 6.07) is 3.32. The maximum Gasteiger partial charge on any atom is 0.358 e. The fourth-order valence-electron chi connectivity index (χ4n) is 1.77. The van der Waals surface area contributed by atoms with Gasteiger partial charge < -0.3 is 14.5 Å². The van der Waals surface area contributed by atoms with Gasteiger partial charge in [0, 0.05) is 5.39 Å². The number of nitrogens with one attached hydrogen (secondary N) is 1. The maximum atomic E-state index is 11.8. The molecule has 0 saturated carbocycles. The molecule has 1 aromatic carbocycles. The average Bonchev–Trinajstić information content (AvgIpc) is 2.67. The van der Waals surface area contributed by atoms with E-state index in [2.05, 4.69) is 4.98 Å². The van der Waals surface area contributed by atoms with Crippen molar-refractivity contribution in [1.82, 2.24) is 4.98 Å². The zero-order valence-electron chi connectivity index (χ0n) is 10.7. The van der Waals surface area contributed by atoms with Gasteiger partial charge in [-0.15, -0.1) is 0 Å². The SMILES string of the molecule is COC(=O)c1[nH]c2cc(Cl)c(Cl)cc2c1OC(C)C. The van der Waals surface area contributed by atoms with Crippen molar-refractivity contribution in [2.24, 2.45) is 0 Å². The highest BCUT2D eigenvalue weighted by molar-refractivity contribution is 6.42. The van der Waals surface area contributed by atoms with Gasteiger partial charge in [0.25, 0.3) is 0 Å². The predicted molar refractivity (Wildman–Crippen MR) is 75.4 cm³/mol. The van der Waals surface area contributed by atoms with Crippen molar-refractivity contribution >= 4 is 40.1 Å². The highest BCUT2D eigenvalue weighted by Gasteiger charge is 2.21. The van der Waals surface area contributed by atoms with Crippen LogP contribution in [0.5, 0.6) is 5.75 Å². The van der Waals surface area contributed by atoms with Crippen LogP contribution in [0, 0.1) is 0 Å². The van der Waals surface area contributed by atoms with E-state index in [-0.39, 0.29) is 11.8 Å². The lowest BCUT2D eigenvalue weighted by Crippen LogP contribution is -2.10. The predicted octanol–water partition coefficient (Wildman–Crippen LogP) is 4.05. The lowest BCUT2D eigenvalue weighted by Gasteiger charge is -2.10. The Hall–Kier alpha value is -1.39. The quantitative estimate of drug-likeness (QED) is 0.870. The van der Waals surface area contributed by atoms with Gasteiger partial charge >= 0.3 is 5.97 Å². The molecule has 1 heterocycles. The molecule has 102 valence electrons. The molecule has 4 nitrogen and oxygen atoms in total. The number of aromatic amines is 1. The summed E-state index contributed by atoms with van der Waals surface area (Å²) in [5, 5.41) is 1.50. The molecule has 0 spiro atoms. The molecule has 0 unspecified atom stereocenters. The van der Waals surface area contributed by atoms with E-state index >= 15 is 0 Å². The zero-order chi connectivity index (χ0) is 14.2. The first-order valence-electron chi connectivity index (χ1n) is 5.69. The van der Waals surface area contributed by atoms with Crippen molar-refractivity contribution in [2.45, 2.75) is 20.0 Å². The second kappa shape index (κ2) is 5.31. The Morgan fingerprint density at radius 1 is 1.26 bits per heavy atom. The van der Waals surface area contributed by atoms with Crippen LogP contribution in [0.4, 0.5) is 0 Å². The molecule has 1 N–H and O–H groups in total. The van der Waals surface area contributed by atoms with Gasteiger partial charge in [-0.25, -0.2) is 4.79 Å². The average molecular weight is 302 g/mol. The highest BCUT2D eigenvalue weighted by atomic mass is 35.5. The fourth-order valence-corrected chi connectivity index (χ4v) is 2.10. The minimum absolute atomic E-state index is 0.0862. The Morgan fingerprint density at radius 2 is 1.89 bits per heavy atom. The number of ether oxygens (including phenoxy) is 2. The third-order valence-electron chi connectivity index (χ3n) is 2.53. The van der Waals surface area contributed by atoms with Crippen LogP contribution in [0.3, 0.4) is 0 Å². The topological polar surface area (TPSA) is 51.3 Å². The molecule has 0 amide bonds. The number of benzene rings is 1. The second-order valence-corrected chi connectivity index (χ2v) is 5.11. The Labute approximate surface area is 120 Å². The van der Waals surface area contributed by atoms with Gasteiger partial charge in [0.15, 0.2) is 11.4 Å². The number of methoxy groups -OCH3 is 1. The summed E-state index contributed by atoms with van der Waals surface area (Å²) in [5.41, 5.74) is 0.926. The first-order valence-corrected chi connectivity index (χ1v) is 6.45. The van der Waals surface area contributed by atoms with Gasteiger partial charge in [0.2, 0.25) is 0 Å². The molecule has 0 aliphatic rings. The molecule has 0 radical (unpaired) electrons. The summed E-state index contributed by atoms with van der Waals surface area (Å²) >= 11 is 12.0. The van der Waals surface area contributed by atoms with Crippen molar-refractivity contribution < 1.29 is 14.3 Å². The van der Waals surface area contributed by atoms with Crippen LogP contribution >= 0.6 is 23.2 Å². The van der Waals surface area contributed by atoms with Gasteiger partial charge in [-0.05, 0) is 26.0 Å². The lowest BCUT2D eigenvalue weighted by molar-refractivity contribution is 0.0589. The molecule has 6 heteroatoms. The molecule has 2 aromatic rings. The molecular weight excluding hydrogens is 289 g/mol. The number of aromatic nitrogens is 1. The number of esters is 1. The highest BCUT2D eigenvalue weighted by Crippen LogP contribution is 2.36. The Kier molecular flexibility index (Phi) is 3.92. The van der Waals surface area contributed by atoms with Crippen LogP contribution in [-0.2, 0) is 4.74 Å². The Morgan fingerprint density at radius 3 is 2.47 bits per heavy atom. The van der Waals surface area contributed by atoms with E-state index in [1.165, 1.54) is 7.11 Å². The summed E-state index contributed by atoms with van der Waals surface area (Å²) in [4.78, 5) is 14.7. The second-order valence-electron chi connectivity index (χ2n) is 4.30. The van der Waals surface area contributed by atoms with Crippen LogP contribution in [0.15, 0.2) is 12.1 Å². The first-order chi connectivity index (χ1) is 8.93. The molecule has 0 fully saturated rings. The number of carbonyl (C=O) groups excluding carboxylic acids is 1. The molecule has 19 heavy (non-hydrogen) atoms. The number of halogens is 2. The summed E-state index contributed by atoms with van der Waals surface area (Å²) in [5.74, 6) is -0.0745. The summed E-state index contributed by atoms with van der Waals surface area (Å²) in [6.07, 6.45) is -0.0862. The summed E-state index contributed by atoms with van der Waals surface area (Å²) in [6.45, 7) is 3.74. The molecule has 0 aliphatic carbocycles. The van der Waals surface area contributed by atoms with Gasteiger partial charge in [-0.2, -0.15) is 0 Å². The third kappa shape index (κ3) is 2.65. The van der Waals surface area contributed by atoms with E-state index < -0.39 is 5.97 Å². The number of hydrogen-bond donors (Lipinski definition) is 1. The number of hydrogen-bond acceptors (Lipinski definition) is 3. The maximum absolute atomic E-state index is 11.8. The fraction of sp³-hybridized carbons (Fsp3) is 0.308. The lowest BCUT2D eigenvalue weighted by atomic mass is 10.2. The van der Waals surface area contributed by atoms with Crippen molar-refractivity contribution in [3.63, 3.8) is 0 Å². The van der Waals surface area contributed by atoms with Gasteiger partial charge in [-0.3, -0.25) is 0 Å². The van der Waals surface area contributed by atoms with E-state index in [0.717, 1.165) is 0 Å². The number of fused-ring (bicyclic) bond motifs is 1. The van der Waals surface area contributed by atoms with E-state index in [0.29, 0.717) is 26.7 Å². The molecule has 1 aromatic heterocycles. The largest absolute Gasteiger partial charge is 0.488 e. The van der Waals surface area contributed by atoms with E-state index in [9.17, 15) is 4.79 Å². The monoisotopic (exact) mass is 301 g/mol. The smallest absolute Gasteiger partial charge is 0.358 e. The molecule has 0 atom stereocenters. The molecule has 0 aliphatic heterocycles. The molecule has 0 bridgehead atoms. The van der Waals surface area contributed by atoms with Crippen LogP contribution in [0.2, 0.25) is 10.0 Å². The van der Waals surface area contributed by atoms with Gasteiger partial charge in [-0.1, -0.05) is 23.2 Å². The van der Waals surface area contributed by atoms with E-state index in [4.69, 9.17) is 32.7 Å². The number of carbonyl (C=O) groups is 1.